The summed E-state index contributed by atoms with van der Waals surface area (Å²) in [6, 6.07) is 9.28. The molecule has 0 aromatic heterocycles. The summed E-state index contributed by atoms with van der Waals surface area (Å²) in [6.45, 7) is 3.29. The summed E-state index contributed by atoms with van der Waals surface area (Å²) in [5.41, 5.74) is 0. The Morgan fingerprint density at radius 1 is 1.37 bits per heavy atom. The average Bonchev–Trinajstić information content (AvgIpc) is 2.89. The smallest absolute Gasteiger partial charge is 0.0186 e. The van der Waals surface area contributed by atoms with Gasteiger partial charge in [-0.1, -0.05) is 54.6 Å². The monoisotopic (exact) mass is 341 g/mol. The second-order valence-electron chi connectivity index (χ2n) is 5.41. The predicted octanol–water partition coefficient (Wildman–Crippen LogP) is 5.10. The van der Waals surface area contributed by atoms with Gasteiger partial charge in [0, 0.05) is 21.2 Å². The van der Waals surface area contributed by atoms with E-state index in [1.165, 1.54) is 47.2 Å². The second-order valence-corrected chi connectivity index (χ2v) is 7.42. The van der Waals surface area contributed by atoms with Gasteiger partial charge in [0.1, 0.15) is 0 Å². The van der Waals surface area contributed by atoms with Crippen molar-refractivity contribution in [3.63, 3.8) is 0 Å². The topological polar surface area (TPSA) is 12.0 Å². The minimum Gasteiger partial charge on any atom is -0.313 e. The lowest BCUT2D eigenvalue weighted by Gasteiger charge is -2.21. The molecule has 1 aliphatic rings. The largest absolute Gasteiger partial charge is 0.313 e. The third-order valence-electron chi connectivity index (χ3n) is 3.83. The molecule has 1 aromatic carbocycles. The van der Waals surface area contributed by atoms with Crippen molar-refractivity contribution in [3.8, 4) is 0 Å². The fourth-order valence-electron chi connectivity index (χ4n) is 2.90. The molecule has 0 bridgehead atoms. The highest BCUT2D eigenvalue weighted by atomic mass is 79.9. The van der Waals surface area contributed by atoms with Crippen molar-refractivity contribution in [2.75, 3.05) is 12.3 Å². The SMILES string of the molecule is CCNC(CSc1cccc(Br)c1)CC1CCCC1. The Labute approximate surface area is 130 Å². The lowest BCUT2D eigenvalue weighted by Crippen LogP contribution is -2.32. The first-order chi connectivity index (χ1) is 9.28. The van der Waals surface area contributed by atoms with E-state index in [1.54, 1.807) is 0 Å². The summed E-state index contributed by atoms with van der Waals surface area (Å²) in [5.74, 6) is 2.15. The molecule has 0 radical (unpaired) electrons. The highest BCUT2D eigenvalue weighted by Gasteiger charge is 2.19. The molecule has 1 nitrogen and oxygen atoms in total. The number of hydrogen-bond acceptors (Lipinski definition) is 2. The molecule has 2 rings (SSSR count). The van der Waals surface area contributed by atoms with Crippen molar-refractivity contribution in [1.82, 2.24) is 5.32 Å². The van der Waals surface area contributed by atoms with Crippen molar-refractivity contribution >= 4 is 27.7 Å². The van der Waals surface area contributed by atoms with Crippen LogP contribution in [0.3, 0.4) is 0 Å². The van der Waals surface area contributed by atoms with Gasteiger partial charge in [-0.05, 0) is 37.1 Å². The Bertz CT molecular complexity index is 377. The van der Waals surface area contributed by atoms with Crippen LogP contribution in [0.4, 0.5) is 0 Å². The molecule has 1 fully saturated rings. The van der Waals surface area contributed by atoms with Crippen LogP contribution in [0, 0.1) is 5.92 Å². The molecule has 1 saturated carbocycles. The molecular formula is C16H24BrNS. The molecular weight excluding hydrogens is 318 g/mol. The predicted molar refractivity (Wildman–Crippen MR) is 88.9 cm³/mol. The molecule has 0 heterocycles. The zero-order valence-corrected chi connectivity index (χ0v) is 14.1. The van der Waals surface area contributed by atoms with Crippen molar-refractivity contribution < 1.29 is 0 Å². The zero-order valence-electron chi connectivity index (χ0n) is 11.7. The number of rotatable bonds is 7. The zero-order chi connectivity index (χ0) is 13.5. The van der Waals surface area contributed by atoms with E-state index in [4.69, 9.17) is 0 Å². The number of hydrogen-bond donors (Lipinski definition) is 1. The summed E-state index contributed by atoms with van der Waals surface area (Å²) in [6.07, 6.45) is 7.15. The van der Waals surface area contributed by atoms with Crippen LogP contribution in [0.5, 0.6) is 0 Å². The normalized spacial score (nSPS) is 17.8. The number of nitrogens with one attached hydrogen (secondary N) is 1. The Hall–Kier alpha value is 0.01000. The third-order valence-corrected chi connectivity index (χ3v) is 5.48. The first-order valence-electron chi connectivity index (χ1n) is 7.39. The van der Waals surface area contributed by atoms with Gasteiger partial charge >= 0.3 is 0 Å². The van der Waals surface area contributed by atoms with E-state index < -0.39 is 0 Å². The highest BCUT2D eigenvalue weighted by Crippen LogP contribution is 2.30. The van der Waals surface area contributed by atoms with Gasteiger partial charge in [0.15, 0.2) is 0 Å². The van der Waals surface area contributed by atoms with Crippen LogP contribution >= 0.6 is 27.7 Å². The van der Waals surface area contributed by atoms with E-state index in [0.717, 1.165) is 12.5 Å². The van der Waals surface area contributed by atoms with Crippen LogP contribution in [0.25, 0.3) is 0 Å². The van der Waals surface area contributed by atoms with E-state index in [1.807, 2.05) is 11.8 Å². The molecule has 1 atom stereocenters. The molecule has 1 unspecified atom stereocenters. The molecule has 0 saturated heterocycles. The fraction of sp³-hybridized carbons (Fsp3) is 0.625. The van der Waals surface area contributed by atoms with Crippen molar-refractivity contribution in [3.05, 3.63) is 28.7 Å². The van der Waals surface area contributed by atoms with Gasteiger partial charge in [-0.2, -0.15) is 0 Å². The summed E-state index contributed by atoms with van der Waals surface area (Å²) in [4.78, 5) is 1.36. The molecule has 0 spiro atoms. The number of thioether (sulfide) groups is 1. The molecule has 0 aliphatic heterocycles. The summed E-state index contributed by atoms with van der Waals surface area (Å²) in [5, 5.41) is 3.66. The molecule has 1 N–H and O–H groups in total. The van der Waals surface area contributed by atoms with Crippen LogP contribution in [-0.4, -0.2) is 18.3 Å². The molecule has 1 aromatic rings. The lowest BCUT2D eigenvalue weighted by atomic mass is 9.99. The Balaban J connectivity index is 1.82. The van der Waals surface area contributed by atoms with E-state index in [2.05, 4.69) is 52.4 Å². The molecule has 0 amide bonds. The maximum atomic E-state index is 3.66. The number of halogens is 1. The maximum Gasteiger partial charge on any atom is 0.0186 e. The van der Waals surface area contributed by atoms with Gasteiger partial charge in [-0.15, -0.1) is 11.8 Å². The Morgan fingerprint density at radius 3 is 2.84 bits per heavy atom. The molecule has 19 heavy (non-hydrogen) atoms. The second kappa shape index (κ2) is 8.33. The van der Waals surface area contributed by atoms with E-state index in [0.29, 0.717) is 6.04 Å². The maximum absolute atomic E-state index is 3.66. The Morgan fingerprint density at radius 2 is 2.16 bits per heavy atom. The van der Waals surface area contributed by atoms with E-state index >= 15 is 0 Å². The van der Waals surface area contributed by atoms with Crippen LogP contribution in [0.1, 0.15) is 39.0 Å². The van der Waals surface area contributed by atoms with Gasteiger partial charge in [0.25, 0.3) is 0 Å². The van der Waals surface area contributed by atoms with Crippen molar-refractivity contribution in [2.24, 2.45) is 5.92 Å². The van der Waals surface area contributed by atoms with Gasteiger partial charge in [0.2, 0.25) is 0 Å². The minimum atomic E-state index is 0.664. The third kappa shape index (κ3) is 5.49. The average molecular weight is 342 g/mol. The fourth-order valence-corrected chi connectivity index (χ4v) is 4.48. The first-order valence-corrected chi connectivity index (χ1v) is 9.17. The highest BCUT2D eigenvalue weighted by molar-refractivity contribution is 9.10. The Kier molecular flexibility index (Phi) is 6.75. The van der Waals surface area contributed by atoms with Gasteiger partial charge in [-0.25, -0.2) is 0 Å². The van der Waals surface area contributed by atoms with Crippen LogP contribution in [0.2, 0.25) is 0 Å². The minimum absolute atomic E-state index is 0.664. The van der Waals surface area contributed by atoms with Crippen LogP contribution < -0.4 is 5.32 Å². The summed E-state index contributed by atoms with van der Waals surface area (Å²) >= 11 is 5.52. The van der Waals surface area contributed by atoms with Crippen molar-refractivity contribution in [1.29, 1.82) is 0 Å². The van der Waals surface area contributed by atoms with E-state index in [-0.39, 0.29) is 0 Å². The quantitative estimate of drug-likeness (QED) is 0.692. The van der Waals surface area contributed by atoms with Gasteiger partial charge in [0.05, 0.1) is 0 Å². The summed E-state index contributed by atoms with van der Waals surface area (Å²) < 4.78 is 1.17. The van der Waals surface area contributed by atoms with Crippen LogP contribution in [0.15, 0.2) is 33.6 Å². The molecule has 3 heteroatoms. The number of benzene rings is 1. The lowest BCUT2D eigenvalue weighted by molar-refractivity contribution is 0.415. The standard InChI is InChI=1S/C16H24BrNS/c1-2-18-15(10-13-6-3-4-7-13)12-19-16-9-5-8-14(17)11-16/h5,8-9,11,13,15,18H,2-4,6-7,10,12H2,1H3. The molecule has 1 aliphatic carbocycles. The molecule has 106 valence electrons. The van der Waals surface area contributed by atoms with Gasteiger partial charge < -0.3 is 5.32 Å². The van der Waals surface area contributed by atoms with E-state index in [9.17, 15) is 0 Å². The van der Waals surface area contributed by atoms with Gasteiger partial charge in [-0.3, -0.25) is 0 Å². The van der Waals surface area contributed by atoms with Crippen molar-refractivity contribution in [2.45, 2.75) is 50.0 Å². The first kappa shape index (κ1) is 15.4. The van der Waals surface area contributed by atoms with Crippen LogP contribution in [-0.2, 0) is 0 Å². The summed E-state index contributed by atoms with van der Waals surface area (Å²) in [7, 11) is 0.